The highest BCUT2D eigenvalue weighted by molar-refractivity contribution is 5.94. The molecule has 1 saturated carbocycles. The van der Waals surface area contributed by atoms with Gasteiger partial charge in [-0.25, -0.2) is 0 Å². The van der Waals surface area contributed by atoms with Crippen LogP contribution in [0.15, 0.2) is 54.6 Å². The first kappa shape index (κ1) is 18.9. The third-order valence-electron chi connectivity index (χ3n) is 6.14. The Balaban J connectivity index is 1.28. The van der Waals surface area contributed by atoms with Gasteiger partial charge in [-0.15, -0.1) is 0 Å². The molecule has 0 aromatic heterocycles. The van der Waals surface area contributed by atoms with Crippen molar-refractivity contribution < 1.29 is 4.79 Å². The molecular formula is C24H31N3O. The predicted molar refractivity (Wildman–Crippen MR) is 116 cm³/mol. The lowest BCUT2D eigenvalue weighted by Gasteiger charge is -2.36. The van der Waals surface area contributed by atoms with E-state index in [4.69, 9.17) is 0 Å². The monoisotopic (exact) mass is 377 g/mol. The highest BCUT2D eigenvalue weighted by atomic mass is 16.2. The van der Waals surface area contributed by atoms with Gasteiger partial charge in [-0.1, -0.05) is 37.5 Å². The van der Waals surface area contributed by atoms with Crippen LogP contribution in [0, 0.1) is 5.92 Å². The minimum Gasteiger partial charge on any atom is -0.385 e. The fraction of sp³-hybridized carbons (Fsp3) is 0.458. The molecule has 4 heteroatoms. The fourth-order valence-electron chi connectivity index (χ4n) is 4.37. The van der Waals surface area contributed by atoms with Gasteiger partial charge in [0.15, 0.2) is 0 Å². The zero-order valence-corrected chi connectivity index (χ0v) is 16.6. The van der Waals surface area contributed by atoms with Gasteiger partial charge in [-0.3, -0.25) is 4.79 Å². The van der Waals surface area contributed by atoms with Gasteiger partial charge in [0, 0.05) is 49.7 Å². The number of rotatable bonds is 5. The van der Waals surface area contributed by atoms with E-state index in [9.17, 15) is 4.79 Å². The quantitative estimate of drug-likeness (QED) is 0.824. The predicted octanol–water partition coefficient (Wildman–Crippen LogP) is 4.64. The summed E-state index contributed by atoms with van der Waals surface area (Å²) in [6.07, 6.45) is 6.83. The maximum Gasteiger partial charge on any atom is 0.253 e. The standard InChI is InChI=1S/C24H31N3O/c28-24(27-17-15-26(16-18-27)23-9-5-2-6-10-23)21-11-13-22(14-12-21)25-19-20-7-3-1-4-8-20/h2,5-6,9-14,20,25H,1,3-4,7-8,15-19H2. The molecule has 148 valence electrons. The van der Waals surface area contributed by atoms with Crippen molar-refractivity contribution in [2.24, 2.45) is 5.92 Å². The van der Waals surface area contributed by atoms with Gasteiger partial charge in [0.2, 0.25) is 0 Å². The van der Waals surface area contributed by atoms with Crippen LogP contribution in [0.5, 0.6) is 0 Å². The Labute approximate surface area is 168 Å². The molecule has 28 heavy (non-hydrogen) atoms. The molecular weight excluding hydrogens is 346 g/mol. The van der Waals surface area contributed by atoms with Crippen LogP contribution in [0.25, 0.3) is 0 Å². The molecule has 0 bridgehead atoms. The molecule has 1 aliphatic carbocycles. The zero-order chi connectivity index (χ0) is 19.2. The van der Waals surface area contributed by atoms with E-state index >= 15 is 0 Å². The maximum atomic E-state index is 12.8. The molecule has 1 amide bonds. The van der Waals surface area contributed by atoms with E-state index in [0.29, 0.717) is 0 Å². The number of amides is 1. The van der Waals surface area contributed by atoms with Gasteiger partial charge in [0.25, 0.3) is 5.91 Å². The Morgan fingerprint density at radius 1 is 0.857 bits per heavy atom. The maximum absolute atomic E-state index is 12.8. The first-order valence-corrected chi connectivity index (χ1v) is 10.7. The Hall–Kier alpha value is -2.49. The summed E-state index contributed by atoms with van der Waals surface area (Å²) in [5, 5.41) is 3.55. The highest BCUT2D eigenvalue weighted by Crippen LogP contribution is 2.24. The van der Waals surface area contributed by atoms with Crippen molar-refractivity contribution in [3.63, 3.8) is 0 Å². The lowest BCUT2D eigenvalue weighted by molar-refractivity contribution is 0.0747. The number of para-hydroxylation sites is 1. The van der Waals surface area contributed by atoms with E-state index in [2.05, 4.69) is 46.6 Å². The SMILES string of the molecule is O=C(c1ccc(NCC2CCCCC2)cc1)N1CCN(c2ccccc2)CC1. The number of benzene rings is 2. The molecule has 0 atom stereocenters. The van der Waals surface area contributed by atoms with E-state index in [-0.39, 0.29) is 5.91 Å². The first-order valence-electron chi connectivity index (χ1n) is 10.7. The molecule has 0 spiro atoms. The molecule has 0 radical (unpaired) electrons. The summed E-state index contributed by atoms with van der Waals surface area (Å²) in [6.45, 7) is 4.37. The number of anilines is 2. The van der Waals surface area contributed by atoms with Crippen LogP contribution in [0.3, 0.4) is 0 Å². The number of nitrogens with one attached hydrogen (secondary N) is 1. The Bertz CT molecular complexity index is 745. The van der Waals surface area contributed by atoms with E-state index < -0.39 is 0 Å². The fourth-order valence-corrected chi connectivity index (χ4v) is 4.37. The van der Waals surface area contributed by atoms with Crippen LogP contribution >= 0.6 is 0 Å². The van der Waals surface area contributed by atoms with Crippen LogP contribution in [0.2, 0.25) is 0 Å². The average molecular weight is 378 g/mol. The molecule has 2 aromatic rings. The second-order valence-electron chi connectivity index (χ2n) is 8.08. The molecule has 4 rings (SSSR count). The lowest BCUT2D eigenvalue weighted by atomic mass is 9.89. The van der Waals surface area contributed by atoms with E-state index in [0.717, 1.165) is 49.9 Å². The molecule has 1 aliphatic heterocycles. The Morgan fingerprint density at radius 2 is 1.54 bits per heavy atom. The van der Waals surface area contributed by atoms with Gasteiger partial charge in [0.1, 0.15) is 0 Å². The molecule has 2 aromatic carbocycles. The normalized spacial score (nSPS) is 18.1. The van der Waals surface area contributed by atoms with Gasteiger partial charge in [-0.2, -0.15) is 0 Å². The number of piperazine rings is 1. The van der Waals surface area contributed by atoms with Crippen molar-refractivity contribution in [3.05, 3.63) is 60.2 Å². The van der Waals surface area contributed by atoms with Gasteiger partial charge in [-0.05, 0) is 55.2 Å². The largest absolute Gasteiger partial charge is 0.385 e. The third kappa shape index (κ3) is 4.67. The van der Waals surface area contributed by atoms with Crippen LogP contribution in [0.1, 0.15) is 42.5 Å². The first-order chi connectivity index (χ1) is 13.8. The van der Waals surface area contributed by atoms with Crippen molar-refractivity contribution in [1.82, 2.24) is 4.90 Å². The number of carbonyl (C=O) groups is 1. The average Bonchev–Trinajstić information content (AvgIpc) is 2.79. The lowest BCUT2D eigenvalue weighted by Crippen LogP contribution is -2.48. The minimum atomic E-state index is 0.145. The number of hydrogen-bond acceptors (Lipinski definition) is 3. The molecule has 1 saturated heterocycles. The van der Waals surface area contributed by atoms with Crippen molar-refractivity contribution in [3.8, 4) is 0 Å². The van der Waals surface area contributed by atoms with E-state index in [1.807, 2.05) is 23.1 Å². The van der Waals surface area contributed by atoms with Crippen LogP contribution < -0.4 is 10.2 Å². The van der Waals surface area contributed by atoms with Gasteiger partial charge >= 0.3 is 0 Å². The number of hydrogen-bond donors (Lipinski definition) is 1. The van der Waals surface area contributed by atoms with Crippen LogP contribution in [-0.2, 0) is 0 Å². The minimum absolute atomic E-state index is 0.145. The summed E-state index contributed by atoms with van der Waals surface area (Å²) in [6, 6.07) is 18.5. The van der Waals surface area contributed by atoms with Crippen molar-refractivity contribution in [1.29, 1.82) is 0 Å². The molecule has 2 aliphatic rings. The second-order valence-corrected chi connectivity index (χ2v) is 8.08. The Morgan fingerprint density at radius 3 is 2.21 bits per heavy atom. The summed E-state index contributed by atoms with van der Waals surface area (Å²) in [5.41, 5.74) is 3.15. The molecule has 1 heterocycles. The van der Waals surface area contributed by atoms with Gasteiger partial charge in [0.05, 0.1) is 0 Å². The zero-order valence-electron chi connectivity index (χ0n) is 16.6. The Kier molecular flexibility index (Phi) is 6.15. The van der Waals surface area contributed by atoms with E-state index in [1.165, 1.54) is 37.8 Å². The topological polar surface area (TPSA) is 35.6 Å². The molecule has 2 fully saturated rings. The van der Waals surface area contributed by atoms with Crippen molar-refractivity contribution >= 4 is 17.3 Å². The highest BCUT2D eigenvalue weighted by Gasteiger charge is 2.22. The molecule has 0 unspecified atom stereocenters. The van der Waals surface area contributed by atoms with Crippen LogP contribution in [0.4, 0.5) is 11.4 Å². The molecule has 4 nitrogen and oxygen atoms in total. The summed E-state index contributed by atoms with van der Waals surface area (Å²) in [7, 11) is 0. The smallest absolute Gasteiger partial charge is 0.253 e. The van der Waals surface area contributed by atoms with E-state index in [1.54, 1.807) is 0 Å². The summed E-state index contributed by atoms with van der Waals surface area (Å²) in [5.74, 6) is 0.947. The molecule has 1 N–H and O–H groups in total. The summed E-state index contributed by atoms with van der Waals surface area (Å²) >= 11 is 0. The number of nitrogens with zero attached hydrogens (tertiary/aromatic N) is 2. The second kappa shape index (κ2) is 9.13. The van der Waals surface area contributed by atoms with Crippen molar-refractivity contribution in [2.75, 3.05) is 42.9 Å². The van der Waals surface area contributed by atoms with Gasteiger partial charge < -0.3 is 15.1 Å². The van der Waals surface area contributed by atoms with Crippen molar-refractivity contribution in [2.45, 2.75) is 32.1 Å². The summed E-state index contributed by atoms with van der Waals surface area (Å²) < 4.78 is 0. The van der Waals surface area contributed by atoms with Crippen LogP contribution in [-0.4, -0.2) is 43.5 Å². The third-order valence-corrected chi connectivity index (χ3v) is 6.14. The summed E-state index contributed by atoms with van der Waals surface area (Å²) in [4.78, 5) is 17.2. The number of carbonyl (C=O) groups excluding carboxylic acids is 1.